The Bertz CT molecular complexity index is 472. The molecule has 2 N–H and O–H groups in total. The van der Waals surface area contributed by atoms with Crippen molar-refractivity contribution in [2.75, 3.05) is 6.61 Å². The quantitative estimate of drug-likeness (QED) is 0.854. The summed E-state index contributed by atoms with van der Waals surface area (Å²) < 4.78 is 1.14. The smallest absolute Gasteiger partial charge is 0.0587 e. The third-order valence-electron chi connectivity index (χ3n) is 2.79. The molecule has 0 radical (unpaired) electrons. The summed E-state index contributed by atoms with van der Waals surface area (Å²) in [6.45, 7) is 0.939. The van der Waals surface area contributed by atoms with E-state index in [0.717, 1.165) is 17.4 Å². The van der Waals surface area contributed by atoms with Crippen molar-refractivity contribution >= 4 is 27.3 Å². The summed E-state index contributed by atoms with van der Waals surface area (Å²) in [7, 11) is 0. The molecule has 0 amide bonds. The number of rotatable bonds is 6. The zero-order valence-electron chi connectivity index (χ0n) is 9.97. The second-order valence-corrected chi connectivity index (χ2v) is 6.00. The molecule has 2 rings (SSSR count). The molecule has 1 aromatic carbocycles. The van der Waals surface area contributed by atoms with Gasteiger partial charge >= 0.3 is 0 Å². The minimum atomic E-state index is 0.0985. The first-order valence-corrected chi connectivity index (χ1v) is 7.57. The molecule has 2 aromatic rings. The average molecular weight is 326 g/mol. The predicted molar refractivity (Wildman–Crippen MR) is 79.9 cm³/mol. The topological polar surface area (TPSA) is 32.3 Å². The van der Waals surface area contributed by atoms with Crippen molar-refractivity contribution in [2.45, 2.75) is 19.0 Å². The van der Waals surface area contributed by atoms with E-state index in [1.165, 1.54) is 10.4 Å². The molecular formula is C14H16BrNOS. The monoisotopic (exact) mass is 325 g/mol. The van der Waals surface area contributed by atoms with Gasteiger partial charge in [-0.25, -0.2) is 0 Å². The Morgan fingerprint density at radius 2 is 2.00 bits per heavy atom. The highest BCUT2D eigenvalue weighted by Crippen LogP contribution is 2.22. The summed E-state index contributed by atoms with van der Waals surface area (Å²) in [6, 6.07) is 12.4. The molecule has 0 bridgehead atoms. The van der Waals surface area contributed by atoms with E-state index in [4.69, 9.17) is 0 Å². The lowest BCUT2D eigenvalue weighted by Gasteiger charge is -2.16. The van der Waals surface area contributed by atoms with Gasteiger partial charge in [-0.3, -0.25) is 0 Å². The Kier molecular flexibility index (Phi) is 5.38. The van der Waals surface area contributed by atoms with Crippen molar-refractivity contribution in [3.8, 4) is 0 Å². The van der Waals surface area contributed by atoms with Crippen LogP contribution < -0.4 is 5.32 Å². The van der Waals surface area contributed by atoms with Crippen molar-refractivity contribution in [3.63, 3.8) is 0 Å². The van der Waals surface area contributed by atoms with Gasteiger partial charge in [-0.05, 0) is 39.4 Å². The number of benzene rings is 1. The van der Waals surface area contributed by atoms with Gasteiger partial charge in [0.1, 0.15) is 0 Å². The van der Waals surface area contributed by atoms with Gasteiger partial charge in [0, 0.05) is 21.9 Å². The molecule has 2 nitrogen and oxygen atoms in total. The minimum Gasteiger partial charge on any atom is -0.395 e. The lowest BCUT2D eigenvalue weighted by Crippen LogP contribution is -2.33. The Balaban J connectivity index is 1.88. The fourth-order valence-electron chi connectivity index (χ4n) is 1.79. The molecule has 1 aromatic heterocycles. The molecule has 1 atom stereocenters. The van der Waals surface area contributed by atoms with Gasteiger partial charge in [0.25, 0.3) is 0 Å². The van der Waals surface area contributed by atoms with Gasteiger partial charge < -0.3 is 10.4 Å². The molecule has 0 aliphatic carbocycles. The number of aliphatic hydroxyl groups excluding tert-OH is 1. The van der Waals surface area contributed by atoms with Crippen molar-refractivity contribution in [1.82, 2.24) is 5.32 Å². The lowest BCUT2D eigenvalue weighted by atomic mass is 10.1. The number of halogens is 1. The van der Waals surface area contributed by atoms with Crippen LogP contribution in [0.5, 0.6) is 0 Å². The Labute approximate surface area is 120 Å². The summed E-state index contributed by atoms with van der Waals surface area (Å²) in [5.74, 6) is 0. The Hall–Kier alpha value is -0.680. The molecule has 0 saturated heterocycles. The van der Waals surface area contributed by atoms with Crippen molar-refractivity contribution in [3.05, 3.63) is 56.7 Å². The van der Waals surface area contributed by atoms with Crippen LogP contribution >= 0.6 is 27.3 Å². The third-order valence-corrected chi connectivity index (χ3v) is 4.71. The second-order valence-electron chi connectivity index (χ2n) is 4.14. The van der Waals surface area contributed by atoms with Crippen LogP contribution in [0.1, 0.15) is 10.4 Å². The lowest BCUT2D eigenvalue weighted by molar-refractivity contribution is 0.241. The molecule has 4 heteroatoms. The van der Waals surface area contributed by atoms with Gasteiger partial charge in [-0.15, -0.1) is 11.3 Å². The molecule has 0 spiro atoms. The molecule has 1 heterocycles. The zero-order valence-corrected chi connectivity index (χ0v) is 12.4. The van der Waals surface area contributed by atoms with E-state index in [2.05, 4.69) is 38.8 Å². The van der Waals surface area contributed by atoms with Gasteiger partial charge in [0.05, 0.1) is 6.61 Å². The molecule has 0 unspecified atom stereocenters. The maximum absolute atomic E-state index is 9.41. The van der Waals surface area contributed by atoms with E-state index in [1.54, 1.807) is 11.3 Å². The van der Waals surface area contributed by atoms with Gasteiger partial charge in [0.2, 0.25) is 0 Å². The van der Waals surface area contributed by atoms with Crippen LogP contribution in [0.15, 0.2) is 46.3 Å². The second kappa shape index (κ2) is 7.04. The van der Waals surface area contributed by atoms with Crippen LogP contribution in [-0.2, 0) is 13.0 Å². The molecule has 0 fully saturated rings. The maximum Gasteiger partial charge on any atom is 0.0587 e. The molecule has 0 saturated carbocycles. The summed E-state index contributed by atoms with van der Waals surface area (Å²) in [5.41, 5.74) is 1.24. The SMILES string of the molecule is OC[C@@H](Cc1ccccc1)NCc1sccc1Br. The highest BCUT2D eigenvalue weighted by molar-refractivity contribution is 9.10. The first kappa shape index (κ1) is 13.7. The summed E-state index contributed by atoms with van der Waals surface area (Å²) in [6.07, 6.45) is 0.848. The van der Waals surface area contributed by atoms with E-state index in [0.29, 0.717) is 0 Å². The van der Waals surface area contributed by atoms with Crippen LogP contribution in [0.4, 0.5) is 0 Å². The Morgan fingerprint density at radius 1 is 1.22 bits per heavy atom. The summed E-state index contributed by atoms with van der Waals surface area (Å²) in [4.78, 5) is 1.27. The van der Waals surface area contributed by atoms with E-state index in [9.17, 15) is 5.11 Å². The van der Waals surface area contributed by atoms with E-state index < -0.39 is 0 Å². The standard InChI is InChI=1S/C14H16BrNOS/c15-13-6-7-18-14(13)9-16-12(10-17)8-11-4-2-1-3-5-11/h1-7,12,16-17H,8-10H2/t12-/m1/s1. The molecule has 0 aliphatic heterocycles. The fraction of sp³-hybridized carbons (Fsp3) is 0.286. The minimum absolute atomic E-state index is 0.0985. The summed E-state index contributed by atoms with van der Waals surface area (Å²) >= 11 is 5.23. The van der Waals surface area contributed by atoms with E-state index >= 15 is 0 Å². The fourth-order valence-corrected chi connectivity index (χ4v) is 3.23. The van der Waals surface area contributed by atoms with Crippen LogP contribution in [-0.4, -0.2) is 17.8 Å². The Morgan fingerprint density at radius 3 is 2.61 bits per heavy atom. The number of aliphatic hydroxyl groups is 1. The van der Waals surface area contributed by atoms with Crippen LogP contribution in [0.2, 0.25) is 0 Å². The van der Waals surface area contributed by atoms with E-state index in [1.807, 2.05) is 24.3 Å². The highest BCUT2D eigenvalue weighted by Gasteiger charge is 2.09. The number of hydrogen-bond donors (Lipinski definition) is 2. The van der Waals surface area contributed by atoms with E-state index in [-0.39, 0.29) is 12.6 Å². The largest absolute Gasteiger partial charge is 0.395 e. The molecule has 96 valence electrons. The number of thiophene rings is 1. The molecule has 18 heavy (non-hydrogen) atoms. The maximum atomic E-state index is 9.41. The molecular weight excluding hydrogens is 310 g/mol. The average Bonchev–Trinajstić information content (AvgIpc) is 2.81. The van der Waals surface area contributed by atoms with Gasteiger partial charge in [0.15, 0.2) is 0 Å². The normalized spacial score (nSPS) is 12.6. The van der Waals surface area contributed by atoms with Crippen molar-refractivity contribution in [2.24, 2.45) is 0 Å². The van der Waals surface area contributed by atoms with Crippen LogP contribution in [0, 0.1) is 0 Å². The van der Waals surface area contributed by atoms with Crippen molar-refractivity contribution < 1.29 is 5.11 Å². The zero-order chi connectivity index (χ0) is 12.8. The van der Waals surface area contributed by atoms with Gasteiger partial charge in [-0.2, -0.15) is 0 Å². The van der Waals surface area contributed by atoms with Gasteiger partial charge in [-0.1, -0.05) is 30.3 Å². The van der Waals surface area contributed by atoms with Crippen LogP contribution in [0.3, 0.4) is 0 Å². The first-order chi connectivity index (χ1) is 8.79. The van der Waals surface area contributed by atoms with Crippen LogP contribution in [0.25, 0.3) is 0 Å². The third kappa shape index (κ3) is 3.92. The predicted octanol–water partition coefficient (Wildman–Crippen LogP) is 3.20. The highest BCUT2D eigenvalue weighted by atomic mass is 79.9. The first-order valence-electron chi connectivity index (χ1n) is 5.89. The van der Waals surface area contributed by atoms with Crippen molar-refractivity contribution in [1.29, 1.82) is 0 Å². The number of nitrogens with one attached hydrogen (secondary N) is 1. The number of hydrogen-bond acceptors (Lipinski definition) is 3. The summed E-state index contributed by atoms with van der Waals surface area (Å²) in [5, 5.41) is 14.9. The molecule has 0 aliphatic rings.